The number of thioether (sulfide) groups is 1. The van der Waals surface area contributed by atoms with Gasteiger partial charge in [0.15, 0.2) is 5.16 Å². The van der Waals surface area contributed by atoms with Crippen molar-refractivity contribution in [2.75, 3.05) is 11.1 Å². The molecule has 4 aromatic rings. The van der Waals surface area contributed by atoms with Crippen LogP contribution in [0.3, 0.4) is 0 Å². The van der Waals surface area contributed by atoms with E-state index in [4.69, 9.17) is 0 Å². The summed E-state index contributed by atoms with van der Waals surface area (Å²) in [5.74, 6) is -0.540. The fourth-order valence-electron chi connectivity index (χ4n) is 2.88. The Hall–Kier alpha value is -3.45. The monoisotopic (exact) mass is 405 g/mol. The maximum Gasteiger partial charge on any atom is 0.266 e. The van der Waals surface area contributed by atoms with Gasteiger partial charge < -0.3 is 5.32 Å². The molecule has 0 saturated heterocycles. The highest BCUT2D eigenvalue weighted by Gasteiger charge is 2.15. The second-order valence-electron chi connectivity index (χ2n) is 6.23. The number of para-hydroxylation sites is 2. The number of amides is 1. The smallest absolute Gasteiger partial charge is 0.266 e. The molecule has 0 fully saturated rings. The summed E-state index contributed by atoms with van der Waals surface area (Å²) in [6.45, 7) is 0. The Morgan fingerprint density at radius 1 is 0.966 bits per heavy atom. The molecule has 3 aromatic carbocycles. The third-order valence-corrected chi connectivity index (χ3v) is 5.16. The normalized spacial score (nSPS) is 10.8. The lowest BCUT2D eigenvalue weighted by molar-refractivity contribution is -0.113. The number of hydrogen-bond acceptors (Lipinski definition) is 4. The molecule has 29 heavy (non-hydrogen) atoms. The predicted octanol–water partition coefficient (Wildman–Crippen LogP) is 4.26. The van der Waals surface area contributed by atoms with Gasteiger partial charge in [0.25, 0.3) is 5.56 Å². The number of nitrogens with zero attached hydrogens (tertiary/aromatic N) is 2. The molecule has 0 unspecified atom stereocenters. The molecule has 144 valence electrons. The van der Waals surface area contributed by atoms with Gasteiger partial charge in [0.2, 0.25) is 5.91 Å². The van der Waals surface area contributed by atoms with Crippen LogP contribution in [0.5, 0.6) is 0 Å². The van der Waals surface area contributed by atoms with Crippen molar-refractivity contribution >= 4 is 34.3 Å². The third kappa shape index (κ3) is 4.20. The fraction of sp³-hybridized carbons (Fsp3) is 0.0455. The van der Waals surface area contributed by atoms with E-state index in [1.54, 1.807) is 36.4 Å². The van der Waals surface area contributed by atoms with Crippen LogP contribution >= 0.6 is 11.8 Å². The molecule has 0 saturated carbocycles. The van der Waals surface area contributed by atoms with Crippen LogP contribution in [0.1, 0.15) is 0 Å². The van der Waals surface area contributed by atoms with Crippen LogP contribution in [0.4, 0.5) is 10.1 Å². The maximum atomic E-state index is 13.4. The van der Waals surface area contributed by atoms with E-state index in [0.717, 1.165) is 11.8 Å². The topological polar surface area (TPSA) is 64.0 Å². The molecular formula is C22H16FN3O2S. The standard InChI is InChI=1S/C22H16FN3O2S/c23-15-10-12-17(13-11-15)26-21(28)18-8-4-5-9-19(18)25-22(26)29-14-20(27)24-16-6-2-1-3-7-16/h1-13H,14H2,(H,24,27). The molecule has 1 aromatic heterocycles. The molecule has 0 aliphatic rings. The molecule has 1 amide bonds. The Labute approximate surface area is 170 Å². The molecule has 0 radical (unpaired) electrons. The van der Waals surface area contributed by atoms with E-state index in [1.807, 2.05) is 18.2 Å². The van der Waals surface area contributed by atoms with E-state index < -0.39 is 5.82 Å². The first-order valence-electron chi connectivity index (χ1n) is 8.87. The number of rotatable bonds is 5. The molecular weight excluding hydrogens is 389 g/mol. The van der Waals surface area contributed by atoms with Crippen LogP contribution < -0.4 is 10.9 Å². The average Bonchev–Trinajstić information content (AvgIpc) is 2.74. The Kier molecular flexibility index (Phi) is 5.39. The number of fused-ring (bicyclic) bond motifs is 1. The van der Waals surface area contributed by atoms with Crippen LogP contribution in [0.25, 0.3) is 16.6 Å². The van der Waals surface area contributed by atoms with Crippen LogP contribution in [-0.2, 0) is 4.79 Å². The van der Waals surface area contributed by atoms with Crippen molar-refractivity contribution in [3.63, 3.8) is 0 Å². The number of hydrogen-bond donors (Lipinski definition) is 1. The first kappa shape index (κ1) is 18.9. The first-order valence-corrected chi connectivity index (χ1v) is 9.86. The summed E-state index contributed by atoms with van der Waals surface area (Å²) in [6, 6.07) is 21.7. The number of aromatic nitrogens is 2. The SMILES string of the molecule is O=C(CSc1nc2ccccc2c(=O)n1-c1ccc(F)cc1)Nc1ccccc1. The predicted molar refractivity (Wildman–Crippen MR) is 113 cm³/mol. The van der Waals surface area contributed by atoms with E-state index in [9.17, 15) is 14.0 Å². The van der Waals surface area contributed by atoms with E-state index in [-0.39, 0.29) is 17.2 Å². The molecule has 0 spiro atoms. The Morgan fingerprint density at radius 3 is 2.41 bits per heavy atom. The summed E-state index contributed by atoms with van der Waals surface area (Å²) in [5.41, 5.74) is 1.45. The maximum absolute atomic E-state index is 13.4. The van der Waals surface area contributed by atoms with Crippen LogP contribution in [0.15, 0.2) is 88.8 Å². The molecule has 4 rings (SSSR count). The van der Waals surface area contributed by atoms with E-state index in [1.165, 1.54) is 28.8 Å². The molecule has 0 atom stereocenters. The number of halogens is 1. The minimum Gasteiger partial charge on any atom is -0.325 e. The fourth-order valence-corrected chi connectivity index (χ4v) is 3.69. The average molecular weight is 405 g/mol. The van der Waals surface area contributed by atoms with Gasteiger partial charge in [-0.3, -0.25) is 14.2 Å². The highest BCUT2D eigenvalue weighted by Crippen LogP contribution is 2.22. The summed E-state index contributed by atoms with van der Waals surface area (Å²) >= 11 is 1.15. The Balaban J connectivity index is 1.68. The zero-order chi connectivity index (χ0) is 20.2. The third-order valence-electron chi connectivity index (χ3n) is 4.22. The van der Waals surface area contributed by atoms with E-state index in [2.05, 4.69) is 10.3 Å². The lowest BCUT2D eigenvalue weighted by atomic mass is 10.2. The second-order valence-corrected chi connectivity index (χ2v) is 7.17. The van der Waals surface area contributed by atoms with Gasteiger partial charge in [0.1, 0.15) is 5.82 Å². The molecule has 0 aliphatic carbocycles. The van der Waals surface area contributed by atoms with Gasteiger partial charge in [-0.25, -0.2) is 9.37 Å². The number of anilines is 1. The largest absolute Gasteiger partial charge is 0.325 e. The van der Waals surface area contributed by atoms with Crippen molar-refractivity contribution in [1.29, 1.82) is 0 Å². The lowest BCUT2D eigenvalue weighted by Crippen LogP contribution is -2.23. The number of benzene rings is 3. The molecule has 1 heterocycles. The van der Waals surface area contributed by atoms with Crippen molar-refractivity contribution in [1.82, 2.24) is 9.55 Å². The van der Waals surface area contributed by atoms with Crippen molar-refractivity contribution in [2.45, 2.75) is 5.16 Å². The van der Waals surface area contributed by atoms with Crippen LogP contribution in [0.2, 0.25) is 0 Å². The number of carbonyl (C=O) groups excluding carboxylic acids is 1. The Morgan fingerprint density at radius 2 is 1.66 bits per heavy atom. The van der Waals surface area contributed by atoms with Crippen molar-refractivity contribution in [3.8, 4) is 5.69 Å². The lowest BCUT2D eigenvalue weighted by Gasteiger charge is -2.13. The van der Waals surface area contributed by atoms with Gasteiger partial charge in [-0.2, -0.15) is 0 Å². The van der Waals surface area contributed by atoms with Gasteiger partial charge in [0.05, 0.1) is 22.3 Å². The molecule has 0 bridgehead atoms. The quantitative estimate of drug-likeness (QED) is 0.398. The summed E-state index contributed by atoms with van der Waals surface area (Å²) in [6.07, 6.45) is 0. The molecule has 1 N–H and O–H groups in total. The van der Waals surface area contributed by atoms with Gasteiger partial charge in [-0.05, 0) is 48.5 Å². The molecule has 7 heteroatoms. The first-order chi connectivity index (χ1) is 14.1. The van der Waals surface area contributed by atoms with Crippen molar-refractivity contribution in [2.24, 2.45) is 0 Å². The van der Waals surface area contributed by atoms with E-state index >= 15 is 0 Å². The Bertz CT molecular complexity index is 1220. The van der Waals surface area contributed by atoms with Crippen molar-refractivity contribution < 1.29 is 9.18 Å². The van der Waals surface area contributed by atoms with Crippen molar-refractivity contribution in [3.05, 3.63) is 95.0 Å². The summed E-state index contributed by atoms with van der Waals surface area (Å²) in [5, 5.41) is 3.62. The van der Waals surface area contributed by atoms with Crippen LogP contribution in [0, 0.1) is 5.82 Å². The zero-order valence-corrected chi connectivity index (χ0v) is 16.0. The second kappa shape index (κ2) is 8.28. The summed E-state index contributed by atoms with van der Waals surface area (Å²) in [4.78, 5) is 30.0. The number of nitrogens with one attached hydrogen (secondary N) is 1. The summed E-state index contributed by atoms with van der Waals surface area (Å²) < 4.78 is 14.8. The minimum absolute atomic E-state index is 0.0703. The van der Waals surface area contributed by atoms with Gasteiger partial charge in [-0.15, -0.1) is 0 Å². The van der Waals surface area contributed by atoms with Crippen LogP contribution in [-0.4, -0.2) is 21.2 Å². The molecule has 0 aliphatic heterocycles. The highest BCUT2D eigenvalue weighted by molar-refractivity contribution is 7.99. The zero-order valence-electron chi connectivity index (χ0n) is 15.2. The van der Waals surface area contributed by atoms with Gasteiger partial charge >= 0.3 is 0 Å². The minimum atomic E-state index is -0.396. The molecule has 5 nitrogen and oxygen atoms in total. The number of carbonyl (C=O) groups is 1. The summed E-state index contributed by atoms with van der Waals surface area (Å²) in [7, 11) is 0. The van der Waals surface area contributed by atoms with E-state index in [0.29, 0.717) is 27.4 Å². The van der Waals surface area contributed by atoms with Gasteiger partial charge in [-0.1, -0.05) is 42.1 Å². The highest BCUT2D eigenvalue weighted by atomic mass is 32.2. The van der Waals surface area contributed by atoms with Gasteiger partial charge in [0, 0.05) is 5.69 Å².